The van der Waals surface area contributed by atoms with Gasteiger partial charge in [-0.3, -0.25) is 4.79 Å². The fourth-order valence-corrected chi connectivity index (χ4v) is 23.6. The number of Topliss-reactive ketones (excluding diaryl/α,β-unsaturated/α-hetero) is 1. The number of benzene rings is 4. The fourth-order valence-electron chi connectivity index (χ4n) is 23.6. The number of ether oxygens (including phenoxy) is 1. The number of aryl methyl sites for hydroxylation is 1. The summed E-state index contributed by atoms with van der Waals surface area (Å²) < 4.78 is 5.87. The van der Waals surface area contributed by atoms with Crippen LogP contribution in [0.1, 0.15) is 177 Å². The Morgan fingerprint density at radius 3 is 2.53 bits per heavy atom. The number of allylic oxidation sites excluding steroid dienone is 5. The van der Waals surface area contributed by atoms with Crippen molar-refractivity contribution in [3.05, 3.63) is 152 Å². The molecule has 16 aliphatic carbocycles. The first-order valence-corrected chi connectivity index (χ1v) is 33.3. The second kappa shape index (κ2) is 19.2. The summed E-state index contributed by atoms with van der Waals surface area (Å²) in [7, 11) is 1.52. The molecule has 1 heterocycles. The van der Waals surface area contributed by atoms with Gasteiger partial charge in [0.2, 0.25) is 0 Å². The van der Waals surface area contributed by atoms with Gasteiger partial charge >= 0.3 is 0 Å². The van der Waals surface area contributed by atoms with E-state index in [0.29, 0.717) is 74.8 Å². The van der Waals surface area contributed by atoms with Crippen LogP contribution in [0.15, 0.2) is 102 Å². The zero-order valence-electron chi connectivity index (χ0n) is 50.5. The van der Waals surface area contributed by atoms with Crippen LogP contribution in [0.4, 0.5) is 0 Å². The monoisotopic (exact) mass is 1170 g/mol. The van der Waals surface area contributed by atoms with Crippen molar-refractivity contribution in [2.75, 3.05) is 7.11 Å². The van der Waals surface area contributed by atoms with Crippen LogP contribution in [0, 0.1) is 87.8 Å². The van der Waals surface area contributed by atoms with Crippen LogP contribution >= 0.6 is 0 Å². The molecule has 0 aromatic heterocycles. The third-order valence-electron chi connectivity index (χ3n) is 26.6. The molecule has 4 aromatic rings. The van der Waals surface area contributed by atoms with Crippen molar-refractivity contribution in [1.82, 2.24) is 5.32 Å². The maximum Gasteiger partial charge on any atom is 0.160 e. The Labute approximate surface area is 511 Å². The molecule has 87 heavy (non-hydrogen) atoms. The standard InChI is InChI=1S/C77H83NO9/c1-40(2)14-17-50-56-26-42-24-44-16-19-62(80)52(70(44)56)12-7-13-61-51-18-15-43(23-41-9-5-4-6-10-41)53(54-34-68(87-3)66(84)29-47(54)38-79)31-67(85)71(50)76(86)22-21-74(78-61)37-49-28-45-27-46(25-42)63(81)32-55(45)59-30-48-11-8-20-73(48)39-75(49,59)69-36-58(73)57-33-64(82)65(83)35-60(57)77(69,74)72(51)76/h4-6,9-10,24,26-30,33-35,40,43,48-53,55,58,61-63,69,71-72,78-84,86H,8,11,13-14,16-17,19-23,25,31-32,36-39H2,1-3H3/t43-,48-,49+,50-,51-,52+,53+,55+,58-,61+,62-,63+,69-,71+,72+,73-,74+,75-,76+,77-/m1/s1. The molecule has 17 aliphatic rings. The highest BCUT2D eigenvalue weighted by Crippen LogP contribution is 2.85. The van der Waals surface area contributed by atoms with Crippen LogP contribution < -0.4 is 10.1 Å². The van der Waals surface area contributed by atoms with Crippen LogP contribution in [-0.2, 0) is 36.1 Å². The maximum absolute atomic E-state index is 17.9. The van der Waals surface area contributed by atoms with Gasteiger partial charge in [0.1, 0.15) is 5.78 Å². The Bertz CT molecular complexity index is 3850. The lowest BCUT2D eigenvalue weighted by Crippen LogP contribution is -2.87. The molecule has 17 bridgehead atoms. The molecule has 0 unspecified atom stereocenters. The van der Waals surface area contributed by atoms with Gasteiger partial charge in [0.25, 0.3) is 0 Å². The topological polar surface area (TPSA) is 180 Å². The molecular weight excluding hydrogens is 1080 g/mol. The Kier molecular flexibility index (Phi) is 12.1. The predicted molar refractivity (Wildman–Crippen MR) is 331 cm³/mol. The number of methoxy groups -OCH3 is 1. The molecule has 1 aliphatic heterocycles. The number of rotatable bonds is 8. The number of aliphatic hydroxyl groups is 4. The maximum atomic E-state index is 17.9. The minimum Gasteiger partial charge on any atom is -0.504 e. The average Bonchev–Trinajstić information content (AvgIpc) is 1.19. The lowest BCUT2D eigenvalue weighted by atomic mass is 9.23. The minimum absolute atomic E-state index is 0.00273. The average molecular weight is 1170 g/mol. The molecule has 450 valence electrons. The molecule has 10 heteroatoms. The zero-order valence-corrected chi connectivity index (χ0v) is 50.5. The molecule has 0 amide bonds. The summed E-state index contributed by atoms with van der Waals surface area (Å²) in [4.78, 5) is 17.9. The summed E-state index contributed by atoms with van der Waals surface area (Å²) in [6.45, 7) is 4.07. The Balaban J connectivity index is 1.05. The van der Waals surface area contributed by atoms with Crippen molar-refractivity contribution in [1.29, 1.82) is 0 Å². The molecule has 4 aromatic carbocycles. The summed E-state index contributed by atoms with van der Waals surface area (Å²) in [5.74, 6) is 11.6. The number of ketones is 1. The second-order valence-corrected chi connectivity index (χ2v) is 30.4. The smallest absolute Gasteiger partial charge is 0.160 e. The number of aliphatic hydroxyl groups excluding tert-OH is 3. The lowest BCUT2D eigenvalue weighted by molar-refractivity contribution is -0.263. The third kappa shape index (κ3) is 7.29. The van der Waals surface area contributed by atoms with Crippen LogP contribution in [0.25, 0.3) is 0 Å². The molecule has 20 atom stereocenters. The molecular formula is C77H83NO9. The summed E-state index contributed by atoms with van der Waals surface area (Å²) in [5.41, 5.74) is 8.27. The fraction of sp³-hybridized carbons (Fsp3) is 0.545. The van der Waals surface area contributed by atoms with Gasteiger partial charge in [0, 0.05) is 64.8 Å². The van der Waals surface area contributed by atoms with Gasteiger partial charge in [0.05, 0.1) is 43.4 Å². The normalized spacial score (nSPS) is 41.4. The van der Waals surface area contributed by atoms with E-state index in [4.69, 9.17) is 4.74 Å². The first-order chi connectivity index (χ1) is 42.0. The number of piperidine rings is 1. The van der Waals surface area contributed by atoms with Crippen molar-refractivity contribution in [3.8, 4) is 46.7 Å². The number of hydrogen-bond donors (Lipinski definition) is 8. The Hall–Kier alpha value is -6.11. The highest BCUT2D eigenvalue weighted by Gasteiger charge is 2.84. The molecule has 5 fully saturated rings. The van der Waals surface area contributed by atoms with Crippen molar-refractivity contribution >= 4 is 5.78 Å². The number of phenols is 3. The van der Waals surface area contributed by atoms with E-state index < -0.39 is 88.3 Å². The van der Waals surface area contributed by atoms with E-state index in [0.717, 1.165) is 89.5 Å². The molecule has 1 saturated heterocycles. The van der Waals surface area contributed by atoms with Crippen molar-refractivity contribution in [2.24, 2.45) is 64.1 Å². The van der Waals surface area contributed by atoms with Crippen molar-refractivity contribution < 1.29 is 45.3 Å². The van der Waals surface area contributed by atoms with E-state index in [9.17, 15) is 30.6 Å². The number of hydrogen-bond acceptors (Lipinski definition) is 10. The Morgan fingerprint density at radius 1 is 0.874 bits per heavy atom. The van der Waals surface area contributed by atoms with Gasteiger partial charge in [-0.25, -0.2) is 0 Å². The van der Waals surface area contributed by atoms with Crippen LogP contribution in [-0.4, -0.2) is 78.0 Å². The molecule has 21 rings (SSSR count). The highest BCUT2D eigenvalue weighted by atomic mass is 16.5. The predicted octanol–water partition coefficient (Wildman–Crippen LogP) is 11.3. The van der Waals surface area contributed by atoms with Gasteiger partial charge in [-0.2, -0.15) is 0 Å². The molecule has 4 saturated carbocycles. The number of carbonyl (C=O) groups excluding carboxylic acids is 1. The van der Waals surface area contributed by atoms with E-state index in [2.05, 4.69) is 85.3 Å². The van der Waals surface area contributed by atoms with Gasteiger partial charge < -0.3 is 45.8 Å². The zero-order chi connectivity index (χ0) is 59.4. The summed E-state index contributed by atoms with van der Waals surface area (Å²) >= 11 is 0. The molecule has 8 N–H and O–H groups in total. The van der Waals surface area contributed by atoms with Crippen LogP contribution in [0.3, 0.4) is 0 Å². The highest BCUT2D eigenvalue weighted by molar-refractivity contribution is 5.85. The Morgan fingerprint density at radius 2 is 1.71 bits per heavy atom. The van der Waals surface area contributed by atoms with Crippen molar-refractivity contribution in [2.45, 2.75) is 188 Å². The van der Waals surface area contributed by atoms with Crippen LogP contribution in [0.2, 0.25) is 0 Å². The van der Waals surface area contributed by atoms with Gasteiger partial charge in [-0.1, -0.05) is 111 Å². The van der Waals surface area contributed by atoms with Gasteiger partial charge in [-0.15, -0.1) is 5.92 Å². The van der Waals surface area contributed by atoms with Crippen LogP contribution in [0.5, 0.6) is 23.0 Å². The van der Waals surface area contributed by atoms with Crippen molar-refractivity contribution in [3.63, 3.8) is 0 Å². The number of phenolic OH excluding ortho intramolecular Hbond substituents is 3. The van der Waals surface area contributed by atoms with E-state index in [1.165, 1.54) is 18.3 Å². The largest absolute Gasteiger partial charge is 0.504 e. The first-order valence-electron chi connectivity index (χ1n) is 33.3. The summed E-state index contributed by atoms with van der Waals surface area (Å²) in [6.07, 6.45) is 17.5. The third-order valence-corrected chi connectivity index (χ3v) is 26.6. The van der Waals surface area contributed by atoms with E-state index in [1.807, 2.05) is 30.3 Å². The van der Waals surface area contributed by atoms with E-state index >= 15 is 9.90 Å². The molecule has 4 spiro atoms. The number of carbonyl (C=O) groups is 1. The number of aromatic hydroxyl groups is 3. The SMILES string of the molecule is COc1cc([C@H]2CC(=O)[C@@H]3[C@H](CCC(C)C)c4cc5cc6c4[C@@H](C#CC[C@@H]4N[C@]78CC[C@@]3(O)[C@H]([C@@H]4C#C[C@@H]2Cc2ccccc2)[C@]72c3cc(O)c(O)cc3[C@H]3C[C@@H]2[C@@]24C[C@@]37CCC[C@@H]7C=C2[C@H]2C[C@H](O)C(=CC2=C[C@H]4C8)C5)[C@H](O)CC6)c(CO)cc1O. The summed E-state index contributed by atoms with van der Waals surface area (Å²) in [5, 5.41) is 93.5. The summed E-state index contributed by atoms with van der Waals surface area (Å²) in [6, 6.07) is 21.7. The first kappa shape index (κ1) is 55.0. The second-order valence-electron chi connectivity index (χ2n) is 30.4. The minimum atomic E-state index is -1.74. The molecule has 10 nitrogen and oxygen atoms in total. The lowest BCUT2D eigenvalue weighted by Gasteiger charge is -2.82. The molecule has 0 radical (unpaired) electrons. The van der Waals surface area contributed by atoms with E-state index in [-0.39, 0.29) is 70.2 Å². The van der Waals surface area contributed by atoms with Gasteiger partial charge in [-0.05, 0) is 210 Å². The van der Waals surface area contributed by atoms with E-state index in [1.54, 1.807) is 12.1 Å². The number of nitrogens with one attached hydrogen (secondary N) is 1. The number of fused-ring (bicyclic) bond motifs is 5. The quantitative estimate of drug-likeness (QED) is 0.0481. The van der Waals surface area contributed by atoms with Gasteiger partial charge in [0.15, 0.2) is 23.0 Å².